The lowest BCUT2D eigenvalue weighted by atomic mass is 10.0. The highest BCUT2D eigenvalue weighted by molar-refractivity contribution is 7.47. The molecule has 0 aliphatic heterocycles. The third-order valence-electron chi connectivity index (χ3n) is 19.9. The van der Waals surface area contributed by atoms with Gasteiger partial charge in [-0.3, -0.25) is 37.3 Å². The molecule has 17 nitrogen and oxygen atoms in total. The second-order valence-electron chi connectivity index (χ2n) is 30.2. The largest absolute Gasteiger partial charge is 0.472 e. The van der Waals surface area contributed by atoms with Crippen LogP contribution in [0.1, 0.15) is 458 Å². The zero-order chi connectivity index (χ0) is 75.3. The van der Waals surface area contributed by atoms with Crippen LogP contribution in [-0.4, -0.2) is 96.7 Å². The van der Waals surface area contributed by atoms with Crippen LogP contribution in [0.2, 0.25) is 0 Å². The summed E-state index contributed by atoms with van der Waals surface area (Å²) in [5.74, 6) is -2.10. The summed E-state index contributed by atoms with van der Waals surface area (Å²) in [6, 6.07) is 0. The van der Waals surface area contributed by atoms with Gasteiger partial charge in [0, 0.05) is 25.7 Å². The van der Waals surface area contributed by atoms with Gasteiger partial charge < -0.3 is 33.8 Å². The fraction of sp³-hybridized carbons (Fsp3) is 0.952. The summed E-state index contributed by atoms with van der Waals surface area (Å²) in [4.78, 5) is 73.0. The SMILES string of the molecule is CCCCCCCCCCCCCCCCCCCCCCCCC(=O)O[C@H](COC(=O)CCCCCCCCCCCCCCCCCCCCCCC)COP(=O)(O)OC[C@@H](O)COP(=O)(O)OC[C@@H](COC(=O)CCCCCCCCCCC)OC(=O)CCCCCCCCCCCCC. The number of carbonyl (C=O) groups excluding carboxylic acids is 4. The van der Waals surface area contributed by atoms with Gasteiger partial charge in [0.15, 0.2) is 12.2 Å². The first-order valence-electron chi connectivity index (χ1n) is 43.8. The lowest BCUT2D eigenvalue weighted by Crippen LogP contribution is -2.30. The highest BCUT2D eigenvalue weighted by Gasteiger charge is 2.30. The topological polar surface area (TPSA) is 237 Å². The minimum absolute atomic E-state index is 0.108. The van der Waals surface area contributed by atoms with Crippen LogP contribution < -0.4 is 0 Å². The molecule has 0 saturated heterocycles. The van der Waals surface area contributed by atoms with Crippen molar-refractivity contribution in [2.24, 2.45) is 0 Å². The zero-order valence-corrected chi connectivity index (χ0v) is 69.1. The second-order valence-corrected chi connectivity index (χ2v) is 33.1. The van der Waals surface area contributed by atoms with Gasteiger partial charge in [-0.2, -0.15) is 0 Å². The molecule has 103 heavy (non-hydrogen) atoms. The Morgan fingerprint density at radius 2 is 0.388 bits per heavy atom. The molecule has 0 aliphatic carbocycles. The van der Waals surface area contributed by atoms with Crippen molar-refractivity contribution in [1.82, 2.24) is 0 Å². The molecule has 2 unspecified atom stereocenters. The zero-order valence-electron chi connectivity index (χ0n) is 67.3. The molecule has 19 heteroatoms. The highest BCUT2D eigenvalue weighted by atomic mass is 31.2. The van der Waals surface area contributed by atoms with Crippen LogP contribution in [0.3, 0.4) is 0 Å². The van der Waals surface area contributed by atoms with Gasteiger partial charge in [-0.25, -0.2) is 9.13 Å². The minimum atomic E-state index is -4.96. The molecule has 0 aromatic rings. The second kappa shape index (κ2) is 78.2. The Hall–Kier alpha value is -1.94. The molecule has 0 rings (SSSR count). The number of carbonyl (C=O) groups is 4. The number of rotatable bonds is 85. The van der Waals surface area contributed by atoms with E-state index in [2.05, 4.69) is 27.7 Å². The first-order chi connectivity index (χ1) is 50.2. The quantitative estimate of drug-likeness (QED) is 0.0222. The molecule has 5 atom stereocenters. The summed E-state index contributed by atoms with van der Waals surface area (Å²) in [6.45, 7) is 5.01. The fourth-order valence-corrected chi connectivity index (χ4v) is 14.7. The summed E-state index contributed by atoms with van der Waals surface area (Å²) in [5, 5.41) is 10.6. The average molecular weight is 1510 g/mol. The molecule has 0 spiro atoms. The Morgan fingerprint density at radius 1 is 0.233 bits per heavy atom. The number of esters is 4. The van der Waals surface area contributed by atoms with E-state index in [1.807, 2.05) is 0 Å². The average Bonchev–Trinajstić information content (AvgIpc) is 1.12. The number of hydrogen-bond acceptors (Lipinski definition) is 15. The van der Waals surface area contributed by atoms with Gasteiger partial charge in [0.1, 0.15) is 19.3 Å². The van der Waals surface area contributed by atoms with Crippen molar-refractivity contribution in [2.45, 2.75) is 476 Å². The van der Waals surface area contributed by atoms with Gasteiger partial charge in [0.05, 0.1) is 26.4 Å². The number of aliphatic hydroxyl groups excluding tert-OH is 1. The van der Waals surface area contributed by atoms with Gasteiger partial charge in [0.25, 0.3) is 0 Å². The third-order valence-corrected chi connectivity index (χ3v) is 21.8. The normalized spacial score (nSPS) is 13.7. The maximum atomic E-state index is 13.1. The molecule has 0 aromatic carbocycles. The van der Waals surface area contributed by atoms with Gasteiger partial charge >= 0.3 is 39.5 Å². The predicted octanol–water partition coefficient (Wildman–Crippen LogP) is 25.7. The molecule has 0 saturated carbocycles. The van der Waals surface area contributed by atoms with Crippen LogP contribution >= 0.6 is 15.6 Å². The van der Waals surface area contributed by atoms with E-state index in [-0.39, 0.29) is 25.7 Å². The number of phosphoric acid groups is 2. The van der Waals surface area contributed by atoms with Gasteiger partial charge in [-0.1, -0.05) is 407 Å². The molecule has 612 valence electrons. The predicted molar refractivity (Wildman–Crippen MR) is 423 cm³/mol. The van der Waals surface area contributed by atoms with Crippen molar-refractivity contribution in [3.8, 4) is 0 Å². The lowest BCUT2D eigenvalue weighted by Gasteiger charge is -2.21. The number of hydrogen-bond donors (Lipinski definition) is 3. The van der Waals surface area contributed by atoms with Crippen LogP contribution in [0.4, 0.5) is 0 Å². The maximum absolute atomic E-state index is 13.1. The van der Waals surface area contributed by atoms with E-state index >= 15 is 0 Å². The van der Waals surface area contributed by atoms with Crippen molar-refractivity contribution < 1.29 is 80.2 Å². The summed E-state index contributed by atoms with van der Waals surface area (Å²) in [7, 11) is -9.92. The van der Waals surface area contributed by atoms with E-state index in [1.165, 1.54) is 289 Å². The van der Waals surface area contributed by atoms with Crippen molar-refractivity contribution in [3.05, 3.63) is 0 Å². The van der Waals surface area contributed by atoms with Crippen LogP contribution in [0, 0.1) is 0 Å². The molecular formula is C84H164O17P2. The van der Waals surface area contributed by atoms with Crippen LogP contribution in [0.25, 0.3) is 0 Å². The number of aliphatic hydroxyl groups is 1. The third kappa shape index (κ3) is 78.0. The fourth-order valence-electron chi connectivity index (χ4n) is 13.2. The van der Waals surface area contributed by atoms with Gasteiger partial charge in [0.2, 0.25) is 0 Å². The molecule has 0 aromatic heterocycles. The Morgan fingerprint density at radius 3 is 0.573 bits per heavy atom. The number of unbranched alkanes of at least 4 members (excludes halogenated alkanes) is 59. The summed E-state index contributed by atoms with van der Waals surface area (Å²) >= 11 is 0. The first kappa shape index (κ1) is 101. The van der Waals surface area contributed by atoms with E-state index in [1.54, 1.807) is 0 Å². The molecule has 0 bridgehead atoms. The molecule has 3 N–H and O–H groups in total. The standard InChI is InChI=1S/C84H164O17P2/c1-5-9-13-17-21-25-28-30-32-34-36-38-40-42-44-46-48-51-55-59-63-67-71-84(89)101-80(75-95-82(87)69-65-61-57-53-50-47-45-43-41-39-37-35-33-31-29-26-22-18-14-10-6-2)77-99-103(92,93)97-73-78(85)72-96-102(90,91)98-76-79(74-94-81(86)68-64-60-56-52-24-20-16-12-8-4)100-83(88)70-66-62-58-54-49-27-23-19-15-11-7-3/h78-80,85H,5-77H2,1-4H3,(H,90,91)(H,92,93)/t78-,79+,80+/m0/s1. The van der Waals surface area contributed by atoms with E-state index in [0.717, 1.165) is 89.9 Å². The van der Waals surface area contributed by atoms with Crippen LogP contribution in [0.15, 0.2) is 0 Å². The Labute approximate surface area is 632 Å². The van der Waals surface area contributed by atoms with Crippen molar-refractivity contribution in [3.63, 3.8) is 0 Å². The number of phosphoric ester groups is 2. The smallest absolute Gasteiger partial charge is 0.462 e. The summed E-state index contributed by atoms with van der Waals surface area (Å²) < 4.78 is 68.7. The molecule has 0 radical (unpaired) electrons. The summed E-state index contributed by atoms with van der Waals surface area (Å²) in [5.41, 5.74) is 0. The lowest BCUT2D eigenvalue weighted by molar-refractivity contribution is -0.161. The molecule has 0 fully saturated rings. The molecule has 0 heterocycles. The van der Waals surface area contributed by atoms with E-state index < -0.39 is 97.5 Å². The number of ether oxygens (including phenoxy) is 4. The van der Waals surface area contributed by atoms with Crippen LogP contribution in [-0.2, 0) is 65.4 Å². The molecular weight excluding hydrogens is 1340 g/mol. The maximum Gasteiger partial charge on any atom is 0.472 e. The van der Waals surface area contributed by atoms with Gasteiger partial charge in [-0.15, -0.1) is 0 Å². The Bertz CT molecular complexity index is 1950. The summed E-state index contributed by atoms with van der Waals surface area (Å²) in [6.07, 6.45) is 72.5. The van der Waals surface area contributed by atoms with E-state index in [4.69, 9.17) is 37.0 Å². The van der Waals surface area contributed by atoms with Crippen molar-refractivity contribution >= 4 is 39.5 Å². The first-order valence-corrected chi connectivity index (χ1v) is 46.8. The highest BCUT2D eigenvalue weighted by Crippen LogP contribution is 2.45. The Kier molecular flexibility index (Phi) is 76.7. The monoisotopic (exact) mass is 1510 g/mol. The van der Waals surface area contributed by atoms with E-state index in [0.29, 0.717) is 25.7 Å². The molecule has 0 amide bonds. The van der Waals surface area contributed by atoms with Crippen molar-refractivity contribution in [2.75, 3.05) is 39.6 Å². The minimum Gasteiger partial charge on any atom is -0.462 e. The Balaban J connectivity index is 5.16. The van der Waals surface area contributed by atoms with E-state index in [9.17, 15) is 43.2 Å². The van der Waals surface area contributed by atoms with Crippen molar-refractivity contribution in [1.29, 1.82) is 0 Å². The van der Waals surface area contributed by atoms with Gasteiger partial charge in [-0.05, 0) is 25.7 Å². The van der Waals surface area contributed by atoms with Crippen LogP contribution in [0.5, 0.6) is 0 Å². The molecule has 0 aliphatic rings.